The quantitative estimate of drug-likeness (QED) is 0.247. The van der Waals surface area contributed by atoms with Crippen molar-refractivity contribution >= 4 is 23.7 Å². The van der Waals surface area contributed by atoms with Gasteiger partial charge in [-0.15, -0.1) is 0 Å². The molecule has 0 radical (unpaired) electrons. The van der Waals surface area contributed by atoms with Gasteiger partial charge in [0.2, 0.25) is 17.7 Å². The van der Waals surface area contributed by atoms with E-state index in [-0.39, 0.29) is 37.0 Å². The summed E-state index contributed by atoms with van der Waals surface area (Å²) in [6, 6.07) is 3.08. The molecule has 33 heavy (non-hydrogen) atoms. The lowest BCUT2D eigenvalue weighted by Crippen LogP contribution is -2.57. The Balaban J connectivity index is 3.06. The molecule has 184 valence electrons. The Morgan fingerprint density at radius 1 is 0.939 bits per heavy atom. The Bertz CT molecular complexity index is 812. The Morgan fingerprint density at radius 2 is 1.52 bits per heavy atom. The van der Waals surface area contributed by atoms with E-state index in [1.54, 1.807) is 19.1 Å². The van der Waals surface area contributed by atoms with Gasteiger partial charge in [0.1, 0.15) is 23.9 Å². The minimum Gasteiger partial charge on any atom is -0.508 e. The molecule has 7 N–H and O–H groups in total. The predicted octanol–water partition coefficient (Wildman–Crippen LogP) is 0.525. The molecule has 0 heterocycles. The van der Waals surface area contributed by atoms with Gasteiger partial charge in [-0.3, -0.25) is 14.4 Å². The third kappa shape index (κ3) is 9.48. The smallest absolute Gasteiger partial charge is 0.326 e. The molecule has 0 spiro atoms. The normalized spacial score (nSPS) is 14.6. The number of phenols is 1. The molecular formula is C23H36N4O6. The third-order valence-corrected chi connectivity index (χ3v) is 5.33. The molecule has 4 atom stereocenters. The number of rotatable bonds is 13. The summed E-state index contributed by atoms with van der Waals surface area (Å²) in [6.45, 7) is 6.99. The fourth-order valence-corrected chi connectivity index (χ4v) is 3.24. The average Bonchev–Trinajstić information content (AvgIpc) is 2.76. The van der Waals surface area contributed by atoms with Crippen molar-refractivity contribution in [3.05, 3.63) is 29.8 Å². The number of hydrogen-bond acceptors (Lipinski definition) is 6. The van der Waals surface area contributed by atoms with E-state index in [4.69, 9.17) is 5.73 Å². The molecule has 0 aromatic heterocycles. The molecule has 1 aromatic carbocycles. The number of carbonyl (C=O) groups is 4. The van der Waals surface area contributed by atoms with Gasteiger partial charge in [0, 0.05) is 6.42 Å². The Labute approximate surface area is 194 Å². The van der Waals surface area contributed by atoms with Crippen molar-refractivity contribution < 1.29 is 29.4 Å². The maximum Gasteiger partial charge on any atom is 0.326 e. The third-order valence-electron chi connectivity index (χ3n) is 5.33. The van der Waals surface area contributed by atoms with Crippen LogP contribution in [0.3, 0.4) is 0 Å². The molecule has 10 nitrogen and oxygen atoms in total. The summed E-state index contributed by atoms with van der Waals surface area (Å²) in [5, 5.41) is 26.7. The average molecular weight is 465 g/mol. The lowest BCUT2D eigenvalue weighted by Gasteiger charge is -2.27. The maximum absolute atomic E-state index is 13.1. The van der Waals surface area contributed by atoms with Gasteiger partial charge >= 0.3 is 5.97 Å². The molecule has 3 amide bonds. The van der Waals surface area contributed by atoms with Crippen molar-refractivity contribution in [1.29, 1.82) is 0 Å². The number of phenolic OH excluding ortho intramolecular Hbond substituents is 1. The van der Waals surface area contributed by atoms with Crippen LogP contribution in [0.2, 0.25) is 0 Å². The first-order chi connectivity index (χ1) is 15.5. The minimum atomic E-state index is -1.15. The zero-order chi connectivity index (χ0) is 25.1. The van der Waals surface area contributed by atoms with E-state index in [1.807, 2.05) is 20.8 Å². The zero-order valence-corrected chi connectivity index (χ0v) is 19.6. The van der Waals surface area contributed by atoms with Gasteiger partial charge in [0.25, 0.3) is 0 Å². The number of aromatic hydroxyl groups is 1. The van der Waals surface area contributed by atoms with Crippen LogP contribution >= 0.6 is 0 Å². The van der Waals surface area contributed by atoms with E-state index in [0.29, 0.717) is 12.0 Å². The number of carbonyl (C=O) groups excluding carboxylic acids is 3. The van der Waals surface area contributed by atoms with Crippen molar-refractivity contribution in [2.75, 3.05) is 6.54 Å². The fourth-order valence-electron chi connectivity index (χ4n) is 3.24. The Hall–Kier alpha value is -3.14. The molecule has 1 aromatic rings. The highest BCUT2D eigenvalue weighted by Gasteiger charge is 2.31. The van der Waals surface area contributed by atoms with Crippen LogP contribution in [0.25, 0.3) is 0 Å². The number of carboxylic acids is 1. The Kier molecular flexibility index (Phi) is 11.3. The SMILES string of the molecule is CCC(C)C(NC(=O)C(CC(C)C)NC(=O)C(Cc1ccc(O)cc1)NC(=O)CN)C(=O)O. The van der Waals surface area contributed by atoms with E-state index in [1.165, 1.54) is 12.1 Å². The van der Waals surface area contributed by atoms with Crippen molar-refractivity contribution in [1.82, 2.24) is 16.0 Å². The molecule has 10 heteroatoms. The second-order valence-corrected chi connectivity index (χ2v) is 8.60. The minimum absolute atomic E-state index is 0.0297. The van der Waals surface area contributed by atoms with Crippen LogP contribution in [0, 0.1) is 11.8 Å². The molecule has 4 unspecified atom stereocenters. The number of aliphatic carboxylic acids is 1. The molecule has 0 aliphatic rings. The topological polar surface area (TPSA) is 171 Å². The highest BCUT2D eigenvalue weighted by Crippen LogP contribution is 2.13. The summed E-state index contributed by atoms with van der Waals surface area (Å²) in [7, 11) is 0. The van der Waals surface area contributed by atoms with Crippen LogP contribution < -0.4 is 21.7 Å². The molecule has 0 bridgehead atoms. The number of benzene rings is 1. The fraction of sp³-hybridized carbons (Fsp3) is 0.565. The lowest BCUT2D eigenvalue weighted by atomic mass is 9.97. The number of nitrogens with one attached hydrogen (secondary N) is 3. The van der Waals surface area contributed by atoms with Crippen LogP contribution in [-0.4, -0.2) is 58.6 Å². The van der Waals surface area contributed by atoms with Gasteiger partial charge in [-0.25, -0.2) is 4.79 Å². The van der Waals surface area contributed by atoms with Gasteiger partial charge in [-0.05, 0) is 36.0 Å². The molecule has 0 fully saturated rings. The lowest BCUT2D eigenvalue weighted by molar-refractivity contribution is -0.144. The van der Waals surface area contributed by atoms with E-state index in [9.17, 15) is 29.4 Å². The van der Waals surface area contributed by atoms with E-state index < -0.39 is 41.8 Å². The first-order valence-corrected chi connectivity index (χ1v) is 11.1. The highest BCUT2D eigenvalue weighted by atomic mass is 16.4. The summed E-state index contributed by atoms with van der Waals surface area (Å²) in [5.41, 5.74) is 6.06. The second-order valence-electron chi connectivity index (χ2n) is 8.60. The van der Waals surface area contributed by atoms with Crippen LogP contribution in [0.5, 0.6) is 5.75 Å². The number of nitrogens with two attached hydrogens (primary N) is 1. The summed E-state index contributed by atoms with van der Waals surface area (Å²) in [6.07, 6.45) is 0.942. The van der Waals surface area contributed by atoms with Crippen molar-refractivity contribution in [3.63, 3.8) is 0 Å². The number of carboxylic acid groups (broad SMARTS) is 1. The highest BCUT2D eigenvalue weighted by molar-refractivity contribution is 5.93. The van der Waals surface area contributed by atoms with Gasteiger partial charge in [-0.2, -0.15) is 0 Å². The van der Waals surface area contributed by atoms with E-state index in [2.05, 4.69) is 16.0 Å². The standard InChI is InChI=1S/C23H36N4O6/c1-5-14(4)20(23(32)33)27-22(31)17(10-13(2)3)26-21(30)18(25-19(29)12-24)11-15-6-8-16(28)9-7-15/h6-9,13-14,17-18,20,28H,5,10-12,24H2,1-4H3,(H,25,29)(H,26,30)(H,27,31)(H,32,33). The van der Waals surface area contributed by atoms with Gasteiger partial charge < -0.3 is 31.9 Å². The summed E-state index contributed by atoms with van der Waals surface area (Å²) < 4.78 is 0. The maximum atomic E-state index is 13.1. The zero-order valence-electron chi connectivity index (χ0n) is 19.6. The van der Waals surface area contributed by atoms with Crippen LogP contribution in [-0.2, 0) is 25.6 Å². The van der Waals surface area contributed by atoms with Crippen LogP contribution in [0.1, 0.15) is 46.1 Å². The summed E-state index contributed by atoms with van der Waals surface area (Å²) in [5.74, 6) is -3.09. The van der Waals surface area contributed by atoms with E-state index in [0.717, 1.165) is 0 Å². The monoisotopic (exact) mass is 464 g/mol. The van der Waals surface area contributed by atoms with E-state index >= 15 is 0 Å². The van der Waals surface area contributed by atoms with Crippen molar-refractivity contribution in [2.24, 2.45) is 17.6 Å². The molecule has 0 saturated carbocycles. The van der Waals surface area contributed by atoms with Gasteiger partial charge in [0.15, 0.2) is 0 Å². The first-order valence-electron chi connectivity index (χ1n) is 11.1. The summed E-state index contributed by atoms with van der Waals surface area (Å²) >= 11 is 0. The van der Waals surface area contributed by atoms with Gasteiger partial charge in [0.05, 0.1) is 6.54 Å². The molecule has 0 aliphatic carbocycles. The molecule has 0 saturated heterocycles. The van der Waals surface area contributed by atoms with Crippen molar-refractivity contribution in [3.8, 4) is 5.75 Å². The largest absolute Gasteiger partial charge is 0.508 e. The number of amides is 3. The second kappa shape index (κ2) is 13.4. The van der Waals surface area contributed by atoms with Crippen LogP contribution in [0.15, 0.2) is 24.3 Å². The first kappa shape index (κ1) is 27.9. The molecule has 0 aliphatic heterocycles. The van der Waals surface area contributed by atoms with Gasteiger partial charge in [-0.1, -0.05) is 46.2 Å². The summed E-state index contributed by atoms with van der Waals surface area (Å²) in [4.78, 5) is 49.5. The Morgan fingerprint density at radius 3 is 2.00 bits per heavy atom. The van der Waals surface area contributed by atoms with Crippen molar-refractivity contribution in [2.45, 2.75) is 65.1 Å². The molecular weight excluding hydrogens is 428 g/mol. The molecule has 1 rings (SSSR count). The predicted molar refractivity (Wildman–Crippen MR) is 123 cm³/mol. The van der Waals surface area contributed by atoms with Crippen LogP contribution in [0.4, 0.5) is 0 Å². The number of hydrogen-bond donors (Lipinski definition) is 6.